The summed E-state index contributed by atoms with van der Waals surface area (Å²) in [5, 5.41) is 11.2. The number of likely N-dealkylation sites (tertiary alicyclic amines) is 1. The van der Waals surface area contributed by atoms with Crippen LogP contribution in [0, 0.1) is 5.41 Å². The second-order valence-corrected chi connectivity index (χ2v) is 18.2. The Morgan fingerprint density at radius 2 is 1.43 bits per heavy atom. The molecular weight excluding hydrogens is 883 g/mol. The van der Waals surface area contributed by atoms with Gasteiger partial charge in [-0.15, -0.1) is 0 Å². The highest BCUT2D eigenvalue weighted by Gasteiger charge is 2.45. The third-order valence-electron chi connectivity index (χ3n) is 13.0. The number of carbonyl (C=O) groups is 2. The first kappa shape index (κ1) is 49.9. The number of piperidine rings is 1. The topological polar surface area (TPSA) is 136 Å². The Hall–Kier alpha value is -5.02. The van der Waals surface area contributed by atoms with Crippen LogP contribution in [-0.2, 0) is 44.5 Å². The van der Waals surface area contributed by atoms with Crippen LogP contribution in [0.4, 0.5) is 32.3 Å². The van der Waals surface area contributed by atoms with E-state index in [0.29, 0.717) is 56.8 Å². The summed E-state index contributed by atoms with van der Waals surface area (Å²) in [5.41, 5.74) is -0.756. The summed E-state index contributed by atoms with van der Waals surface area (Å²) >= 11 is 0. The highest BCUT2D eigenvalue weighted by molar-refractivity contribution is 5.98. The summed E-state index contributed by atoms with van der Waals surface area (Å²) in [4.78, 5) is 43.9. The average Bonchev–Trinajstić information content (AvgIpc) is 3.94. The van der Waals surface area contributed by atoms with E-state index in [2.05, 4.69) is 40.1 Å². The Kier molecular flexibility index (Phi) is 16.3. The van der Waals surface area contributed by atoms with Crippen molar-refractivity contribution in [2.24, 2.45) is 5.41 Å². The van der Waals surface area contributed by atoms with Crippen LogP contribution in [0.25, 0.3) is 0 Å². The van der Waals surface area contributed by atoms with Crippen molar-refractivity contribution in [2.45, 2.75) is 102 Å². The lowest BCUT2D eigenvalue weighted by atomic mass is 9.76. The van der Waals surface area contributed by atoms with Gasteiger partial charge < -0.3 is 19.3 Å². The number of ether oxygens (including phenoxy) is 2. The monoisotopic (exact) mass is 942 g/mol. The Morgan fingerprint density at radius 3 is 2.04 bits per heavy atom. The lowest BCUT2D eigenvalue weighted by Gasteiger charge is -2.42. The number of carbonyl (C=O) groups excluding carboxylic acids is 2. The summed E-state index contributed by atoms with van der Waals surface area (Å²) in [5.74, 6) is 0.938. The number of imide groups is 1. The van der Waals surface area contributed by atoms with Gasteiger partial charge in [-0.1, -0.05) is 43.2 Å². The molecular formula is C47H60F6N10O4. The van der Waals surface area contributed by atoms with Crippen molar-refractivity contribution in [3.05, 3.63) is 101 Å². The van der Waals surface area contributed by atoms with Crippen molar-refractivity contribution in [2.75, 3.05) is 71.4 Å². The molecule has 0 radical (unpaired) electrons. The Labute approximate surface area is 387 Å². The standard InChI is InChI=1S/C26H29F6N5O2.C21H31N5O2/c1-16(18-11-19(25(27,28)29)13-20(12-18)26(30,31)32)39-24-23(17-7-5-4-6-8-17)37(9-10-38-24)15-22-21(14-36(2)3)33-35-34-22;27-18-16-21(6-1-2-7-21)17-19(28)26(18)11-4-3-10-24-12-14-25(15-13-24)20-22-8-5-9-23-20/h4-8,11-13,16,23-24H,9-10,14-15H2,1-3H3,(H,33,34,35);5,8-9H,1-4,6-7,10-17H2/t16-,23+,24-;/m1./s1. The molecule has 0 bridgehead atoms. The number of morpholine rings is 1. The molecule has 1 N–H and O–H groups in total. The fraction of sp³-hybridized carbons (Fsp3) is 0.574. The number of aromatic amines is 1. The van der Waals surface area contributed by atoms with Crippen molar-refractivity contribution in [3.63, 3.8) is 0 Å². The minimum atomic E-state index is -4.96. The van der Waals surface area contributed by atoms with Crippen molar-refractivity contribution in [1.82, 2.24) is 45.0 Å². The number of benzene rings is 2. The van der Waals surface area contributed by atoms with Gasteiger partial charge in [0.05, 0.1) is 29.9 Å². The zero-order valence-corrected chi connectivity index (χ0v) is 38.2. The molecule has 3 aliphatic heterocycles. The quantitative estimate of drug-likeness (QED) is 0.0755. The van der Waals surface area contributed by atoms with E-state index in [0.717, 1.165) is 75.6 Å². The van der Waals surface area contributed by atoms with Crippen molar-refractivity contribution >= 4 is 17.8 Å². The molecule has 8 rings (SSSR count). The Morgan fingerprint density at radius 1 is 0.821 bits per heavy atom. The van der Waals surface area contributed by atoms with Gasteiger partial charge in [0.15, 0.2) is 6.29 Å². The molecule has 4 aliphatic rings. The third-order valence-corrected chi connectivity index (χ3v) is 13.0. The molecule has 1 saturated carbocycles. The fourth-order valence-electron chi connectivity index (χ4n) is 9.50. The second kappa shape index (κ2) is 21.9. The van der Waals surface area contributed by atoms with Crippen molar-refractivity contribution in [1.29, 1.82) is 0 Å². The number of nitrogens with zero attached hydrogens (tertiary/aromatic N) is 9. The molecule has 67 heavy (non-hydrogen) atoms. The minimum absolute atomic E-state index is 0.00676. The molecule has 364 valence electrons. The van der Waals surface area contributed by atoms with E-state index in [1.807, 2.05) is 55.4 Å². The summed E-state index contributed by atoms with van der Waals surface area (Å²) in [6.45, 7) is 8.55. The first-order chi connectivity index (χ1) is 32.0. The van der Waals surface area contributed by atoms with Crippen molar-refractivity contribution < 1.29 is 45.4 Å². The smallest absolute Gasteiger partial charge is 0.349 e. The van der Waals surface area contributed by atoms with E-state index in [1.54, 1.807) is 12.4 Å². The van der Waals surface area contributed by atoms with E-state index in [1.165, 1.54) is 24.7 Å². The summed E-state index contributed by atoms with van der Waals surface area (Å²) in [6.07, 6.45) is -0.930. The Balaban J connectivity index is 0.000000209. The first-order valence-corrected chi connectivity index (χ1v) is 22.9. The van der Waals surface area contributed by atoms with E-state index in [4.69, 9.17) is 9.47 Å². The van der Waals surface area contributed by atoms with Gasteiger partial charge in [-0.05, 0) is 94.1 Å². The molecule has 3 atom stereocenters. The number of anilines is 1. The average molecular weight is 943 g/mol. The van der Waals surface area contributed by atoms with Crippen LogP contribution in [0.5, 0.6) is 0 Å². The summed E-state index contributed by atoms with van der Waals surface area (Å²) in [6, 6.07) is 12.0. The SMILES string of the molecule is C[C@@H](O[C@H]1OCCN(Cc2n[nH]nc2CN(C)C)[C@H]1c1ccccc1)c1cc(C(F)(F)F)cc(C(F)(F)F)c1.O=C1CC2(CCCC2)CC(=O)N1CCCCN1CCN(c2ncccn2)CC1. The number of nitrogens with one attached hydrogen (secondary N) is 1. The predicted molar refractivity (Wildman–Crippen MR) is 236 cm³/mol. The highest BCUT2D eigenvalue weighted by Crippen LogP contribution is 2.47. The number of hydrogen-bond donors (Lipinski definition) is 1. The van der Waals surface area contributed by atoms with Gasteiger partial charge in [-0.2, -0.15) is 41.8 Å². The second-order valence-electron chi connectivity index (χ2n) is 18.2. The number of piperazine rings is 1. The Bertz CT molecular complexity index is 2160. The molecule has 14 nitrogen and oxygen atoms in total. The molecule has 0 unspecified atom stereocenters. The van der Waals surface area contributed by atoms with E-state index >= 15 is 0 Å². The van der Waals surface area contributed by atoms with Gasteiger partial charge in [0, 0.05) is 77.6 Å². The van der Waals surface area contributed by atoms with Crippen LogP contribution in [0.15, 0.2) is 67.0 Å². The fourth-order valence-corrected chi connectivity index (χ4v) is 9.50. The van der Waals surface area contributed by atoms with Gasteiger partial charge in [0.1, 0.15) is 11.4 Å². The minimum Gasteiger partial charge on any atom is -0.349 e. The molecule has 4 fully saturated rings. The van der Waals surface area contributed by atoms with Crippen LogP contribution in [-0.4, -0.2) is 130 Å². The zero-order valence-electron chi connectivity index (χ0n) is 38.2. The molecule has 2 aromatic carbocycles. The first-order valence-electron chi connectivity index (χ1n) is 22.9. The zero-order chi connectivity index (χ0) is 47.8. The number of halogens is 6. The van der Waals surface area contributed by atoms with Gasteiger partial charge in [0.2, 0.25) is 17.8 Å². The largest absolute Gasteiger partial charge is 0.416 e. The lowest BCUT2D eigenvalue weighted by Crippen LogP contribution is -2.48. The lowest BCUT2D eigenvalue weighted by molar-refractivity contribution is -0.231. The molecule has 1 aliphatic carbocycles. The van der Waals surface area contributed by atoms with Gasteiger partial charge in [-0.25, -0.2) is 9.97 Å². The molecule has 20 heteroatoms. The predicted octanol–water partition coefficient (Wildman–Crippen LogP) is 7.67. The van der Waals surface area contributed by atoms with Gasteiger partial charge in [-0.3, -0.25) is 24.3 Å². The molecule has 1 spiro atoms. The van der Waals surface area contributed by atoms with Crippen LogP contribution in [0.3, 0.4) is 0 Å². The summed E-state index contributed by atoms with van der Waals surface area (Å²) < 4.78 is 92.6. The number of rotatable bonds is 14. The van der Waals surface area contributed by atoms with Crippen molar-refractivity contribution in [3.8, 4) is 0 Å². The van der Waals surface area contributed by atoms with Gasteiger partial charge in [0.25, 0.3) is 0 Å². The van der Waals surface area contributed by atoms with Crippen LogP contribution < -0.4 is 4.90 Å². The molecule has 2 aromatic heterocycles. The molecule has 2 amide bonds. The number of H-pyrrole nitrogens is 1. The van der Waals surface area contributed by atoms with E-state index in [9.17, 15) is 35.9 Å². The summed E-state index contributed by atoms with van der Waals surface area (Å²) in [7, 11) is 3.81. The third kappa shape index (κ3) is 13.2. The maximum Gasteiger partial charge on any atom is 0.416 e. The number of aromatic nitrogens is 5. The van der Waals surface area contributed by atoms with Crippen LogP contribution in [0.1, 0.15) is 104 Å². The number of hydrogen-bond acceptors (Lipinski definition) is 12. The van der Waals surface area contributed by atoms with Gasteiger partial charge >= 0.3 is 12.4 Å². The molecule has 4 aromatic rings. The highest BCUT2D eigenvalue weighted by atomic mass is 19.4. The van der Waals surface area contributed by atoms with E-state index < -0.39 is 41.9 Å². The van der Waals surface area contributed by atoms with E-state index in [-0.39, 0.29) is 35.5 Å². The number of amides is 2. The number of unbranched alkanes of at least 4 members (excludes halogenated alkanes) is 1. The number of alkyl halides is 6. The normalized spacial score (nSPS) is 21.2. The molecule has 3 saturated heterocycles. The maximum atomic E-state index is 13.4. The van der Waals surface area contributed by atoms with Crippen LogP contribution in [0.2, 0.25) is 0 Å². The van der Waals surface area contributed by atoms with Crippen LogP contribution >= 0.6 is 0 Å². The molecule has 5 heterocycles. The maximum absolute atomic E-state index is 13.4.